The molecule has 7 nitrogen and oxygen atoms in total. The van der Waals surface area contributed by atoms with Gasteiger partial charge in [0.1, 0.15) is 11.6 Å². The van der Waals surface area contributed by atoms with E-state index >= 15 is 0 Å². The summed E-state index contributed by atoms with van der Waals surface area (Å²) in [5, 5.41) is 0.650. The van der Waals surface area contributed by atoms with E-state index in [1.807, 2.05) is 36.4 Å². The average Bonchev–Trinajstić information content (AvgIpc) is 2.82. The second-order valence-electron chi connectivity index (χ2n) is 7.56. The van der Waals surface area contributed by atoms with E-state index in [1.165, 1.54) is 0 Å². The van der Waals surface area contributed by atoms with Crippen LogP contribution in [0.3, 0.4) is 0 Å². The molecule has 1 N–H and O–H groups in total. The van der Waals surface area contributed by atoms with Gasteiger partial charge in [-0.3, -0.25) is 14.7 Å². The summed E-state index contributed by atoms with van der Waals surface area (Å²) in [5.74, 6) is 1.79. The molecule has 8 heteroatoms. The number of nitrogens with zero attached hydrogens (tertiary/aromatic N) is 4. The number of aromatic nitrogens is 4. The zero-order chi connectivity index (χ0) is 21.9. The standard InChI is InChI=1S/C24H20ClN5O2/c25-18-3-5-19(6-4-18)32-24-17(2-1-10-27-24)14-30-13-9-21-20(15-30)23(31)29-22(28-21)16-7-11-26-12-8-16/h1-8,10-12H,9,13-15H2,(H,28,29,31). The minimum absolute atomic E-state index is 0.102. The Kier molecular flexibility index (Phi) is 5.66. The van der Waals surface area contributed by atoms with E-state index in [0.29, 0.717) is 47.6 Å². The van der Waals surface area contributed by atoms with E-state index in [1.54, 1.807) is 30.7 Å². The molecule has 1 aliphatic rings. The lowest BCUT2D eigenvalue weighted by Gasteiger charge is -2.28. The van der Waals surface area contributed by atoms with E-state index in [0.717, 1.165) is 23.4 Å². The van der Waals surface area contributed by atoms with E-state index < -0.39 is 0 Å². The molecule has 4 aromatic rings. The predicted molar refractivity (Wildman–Crippen MR) is 122 cm³/mol. The lowest BCUT2D eigenvalue weighted by Crippen LogP contribution is -2.35. The molecule has 5 rings (SSSR count). The van der Waals surface area contributed by atoms with Gasteiger partial charge < -0.3 is 9.72 Å². The van der Waals surface area contributed by atoms with Crippen LogP contribution in [0.5, 0.6) is 11.6 Å². The van der Waals surface area contributed by atoms with Crippen LogP contribution in [0.2, 0.25) is 5.02 Å². The lowest BCUT2D eigenvalue weighted by molar-refractivity contribution is 0.238. The minimum Gasteiger partial charge on any atom is -0.439 e. The predicted octanol–water partition coefficient (Wildman–Crippen LogP) is 4.23. The molecular formula is C24H20ClN5O2. The molecule has 0 bridgehead atoms. The summed E-state index contributed by atoms with van der Waals surface area (Å²) in [6, 6.07) is 14.7. The van der Waals surface area contributed by atoms with E-state index in [9.17, 15) is 4.79 Å². The summed E-state index contributed by atoms with van der Waals surface area (Å²) < 4.78 is 5.98. The molecule has 0 fully saturated rings. The highest BCUT2D eigenvalue weighted by Crippen LogP contribution is 2.27. The number of nitrogens with one attached hydrogen (secondary N) is 1. The van der Waals surface area contributed by atoms with E-state index in [2.05, 4.69) is 19.9 Å². The van der Waals surface area contributed by atoms with Crippen LogP contribution in [0, 0.1) is 0 Å². The Morgan fingerprint density at radius 2 is 1.88 bits per heavy atom. The van der Waals surface area contributed by atoms with Crippen LogP contribution < -0.4 is 10.3 Å². The third kappa shape index (κ3) is 4.39. The number of pyridine rings is 2. The maximum atomic E-state index is 12.8. The highest BCUT2D eigenvalue weighted by Gasteiger charge is 2.22. The molecule has 0 radical (unpaired) electrons. The van der Waals surface area contributed by atoms with Gasteiger partial charge in [-0.15, -0.1) is 0 Å². The highest BCUT2D eigenvalue weighted by molar-refractivity contribution is 6.30. The molecule has 3 aromatic heterocycles. The number of H-pyrrole nitrogens is 1. The molecule has 0 saturated heterocycles. The van der Waals surface area contributed by atoms with Crippen molar-refractivity contribution < 1.29 is 4.74 Å². The van der Waals surface area contributed by atoms with Crippen LogP contribution in [0.25, 0.3) is 11.4 Å². The fourth-order valence-electron chi connectivity index (χ4n) is 3.75. The number of hydrogen-bond donors (Lipinski definition) is 1. The van der Waals surface area contributed by atoms with Gasteiger partial charge in [0, 0.05) is 60.8 Å². The van der Waals surface area contributed by atoms with Gasteiger partial charge in [-0.25, -0.2) is 9.97 Å². The van der Waals surface area contributed by atoms with Crippen LogP contribution >= 0.6 is 11.6 Å². The largest absolute Gasteiger partial charge is 0.439 e. The second kappa shape index (κ2) is 8.90. The third-order valence-corrected chi connectivity index (χ3v) is 5.63. The zero-order valence-corrected chi connectivity index (χ0v) is 17.9. The molecule has 0 amide bonds. The topological polar surface area (TPSA) is 84.0 Å². The van der Waals surface area contributed by atoms with Crippen molar-refractivity contribution in [2.75, 3.05) is 6.54 Å². The van der Waals surface area contributed by atoms with Gasteiger partial charge in [0.15, 0.2) is 0 Å². The molecule has 0 unspecified atom stereocenters. The molecule has 0 aliphatic carbocycles. The summed E-state index contributed by atoms with van der Waals surface area (Å²) in [4.78, 5) is 31.1. The van der Waals surface area contributed by atoms with E-state index in [-0.39, 0.29) is 5.56 Å². The van der Waals surface area contributed by atoms with Gasteiger partial charge in [-0.05, 0) is 42.5 Å². The van der Waals surface area contributed by atoms with Crippen LogP contribution in [-0.4, -0.2) is 31.4 Å². The molecule has 0 atom stereocenters. The number of rotatable bonds is 5. The molecule has 0 spiro atoms. The molecule has 160 valence electrons. The summed E-state index contributed by atoms with van der Waals surface area (Å²) in [6.07, 6.45) is 5.78. The first-order valence-corrected chi connectivity index (χ1v) is 10.7. The van der Waals surface area contributed by atoms with Crippen molar-refractivity contribution in [1.29, 1.82) is 0 Å². The van der Waals surface area contributed by atoms with E-state index in [4.69, 9.17) is 21.3 Å². The maximum absolute atomic E-state index is 12.8. The number of ether oxygens (including phenoxy) is 1. The fraction of sp³-hybridized carbons (Fsp3) is 0.167. The second-order valence-corrected chi connectivity index (χ2v) is 8.00. The Balaban J connectivity index is 1.35. The van der Waals surface area contributed by atoms with Gasteiger partial charge in [-0.2, -0.15) is 0 Å². The Hall–Kier alpha value is -3.55. The summed E-state index contributed by atoms with van der Waals surface area (Å²) in [7, 11) is 0. The van der Waals surface area contributed by atoms with Crippen molar-refractivity contribution in [2.45, 2.75) is 19.5 Å². The maximum Gasteiger partial charge on any atom is 0.255 e. The summed E-state index contributed by atoms with van der Waals surface area (Å²) in [6.45, 7) is 1.92. The molecule has 1 aromatic carbocycles. The average molecular weight is 446 g/mol. The van der Waals surface area contributed by atoms with Gasteiger partial charge in [0.05, 0.1) is 11.3 Å². The Bertz CT molecular complexity index is 1290. The van der Waals surface area contributed by atoms with Crippen LogP contribution in [0.1, 0.15) is 16.8 Å². The van der Waals surface area contributed by atoms with Crippen molar-refractivity contribution in [2.24, 2.45) is 0 Å². The molecule has 0 saturated carbocycles. The SMILES string of the molecule is O=c1[nH]c(-c2ccncc2)nc2c1CN(Cc1cccnc1Oc1ccc(Cl)cc1)CC2. The van der Waals surface area contributed by atoms with Gasteiger partial charge >= 0.3 is 0 Å². The Labute approximate surface area is 189 Å². The van der Waals surface area contributed by atoms with Gasteiger partial charge in [0.25, 0.3) is 5.56 Å². The first-order valence-electron chi connectivity index (χ1n) is 10.3. The first kappa shape index (κ1) is 20.4. The normalized spacial score (nSPS) is 13.5. The Morgan fingerprint density at radius 3 is 2.69 bits per heavy atom. The monoisotopic (exact) mass is 445 g/mol. The van der Waals surface area contributed by atoms with Crippen molar-refractivity contribution in [3.8, 4) is 23.0 Å². The Morgan fingerprint density at radius 1 is 1.06 bits per heavy atom. The number of hydrogen-bond acceptors (Lipinski definition) is 6. The number of fused-ring (bicyclic) bond motifs is 1. The molecule has 32 heavy (non-hydrogen) atoms. The first-order chi connectivity index (χ1) is 15.7. The van der Waals surface area contributed by atoms with Crippen molar-refractivity contribution in [3.05, 3.63) is 99.3 Å². The number of aromatic amines is 1. The van der Waals surface area contributed by atoms with Crippen molar-refractivity contribution >= 4 is 11.6 Å². The summed E-state index contributed by atoms with van der Waals surface area (Å²) >= 11 is 5.96. The van der Waals surface area contributed by atoms with Crippen LogP contribution in [0.4, 0.5) is 0 Å². The quantitative estimate of drug-likeness (QED) is 0.495. The smallest absolute Gasteiger partial charge is 0.255 e. The lowest BCUT2D eigenvalue weighted by atomic mass is 10.1. The van der Waals surface area contributed by atoms with Crippen molar-refractivity contribution in [3.63, 3.8) is 0 Å². The minimum atomic E-state index is -0.102. The summed E-state index contributed by atoms with van der Waals surface area (Å²) in [5.41, 5.74) is 3.25. The van der Waals surface area contributed by atoms with Crippen LogP contribution in [0.15, 0.2) is 71.9 Å². The van der Waals surface area contributed by atoms with Gasteiger partial charge in [0.2, 0.25) is 5.88 Å². The fourth-order valence-corrected chi connectivity index (χ4v) is 3.88. The van der Waals surface area contributed by atoms with Gasteiger partial charge in [-0.1, -0.05) is 17.7 Å². The number of halogens is 1. The number of benzene rings is 1. The molecule has 4 heterocycles. The van der Waals surface area contributed by atoms with Crippen molar-refractivity contribution in [1.82, 2.24) is 24.8 Å². The highest BCUT2D eigenvalue weighted by atomic mass is 35.5. The zero-order valence-electron chi connectivity index (χ0n) is 17.2. The van der Waals surface area contributed by atoms with Crippen LogP contribution in [-0.2, 0) is 19.5 Å². The third-order valence-electron chi connectivity index (χ3n) is 5.37. The molecule has 1 aliphatic heterocycles. The molecular weight excluding hydrogens is 426 g/mol.